The molecule has 90 heavy (non-hydrogen) atoms. The fourth-order valence-corrected chi connectivity index (χ4v) is 11.3. The minimum absolute atomic E-state index is 0.331. The first-order chi connectivity index (χ1) is 43.6. The van der Waals surface area contributed by atoms with Gasteiger partial charge in [-0.1, -0.05) is 174 Å². The van der Waals surface area contributed by atoms with E-state index in [2.05, 4.69) is 305 Å². The molecule has 5 heterocycles. The predicted molar refractivity (Wildman–Crippen MR) is 382 cm³/mol. The number of hydrogen-bond donors (Lipinski definition) is 0. The van der Waals surface area contributed by atoms with Crippen molar-refractivity contribution in [1.82, 2.24) is 0 Å². The van der Waals surface area contributed by atoms with Crippen molar-refractivity contribution < 1.29 is 26.9 Å². The second-order valence-corrected chi connectivity index (χ2v) is 27.8. The van der Waals surface area contributed by atoms with Gasteiger partial charge in [-0.25, -0.2) is 22.8 Å². The molecule has 0 N–H and O–H groups in total. The van der Waals surface area contributed by atoms with Crippen LogP contribution < -0.4 is 22.8 Å². The Kier molecular flexibility index (Phi) is 24.0. The highest BCUT2D eigenvalue weighted by Gasteiger charge is 2.20. The van der Waals surface area contributed by atoms with E-state index in [1.807, 2.05) is 83.7 Å². The van der Waals surface area contributed by atoms with Gasteiger partial charge in [-0.3, -0.25) is 0 Å². The van der Waals surface area contributed by atoms with E-state index in [0.29, 0.717) is 17.3 Å². The van der Waals surface area contributed by atoms with Crippen molar-refractivity contribution in [1.29, 1.82) is 0 Å². The van der Waals surface area contributed by atoms with Gasteiger partial charge in [0.2, 0.25) is 28.5 Å². The molecular formula is C85H110N5+5. The summed E-state index contributed by atoms with van der Waals surface area (Å²) >= 11 is 0. The maximum atomic E-state index is 8.39. The molecule has 0 spiro atoms. The average Bonchev–Trinajstić information content (AvgIpc) is 1.06. The highest BCUT2D eigenvalue weighted by Crippen LogP contribution is 2.28. The van der Waals surface area contributed by atoms with E-state index in [1.165, 1.54) is 95.1 Å². The summed E-state index contributed by atoms with van der Waals surface area (Å²) < 4.78 is 35.7. The van der Waals surface area contributed by atoms with Crippen molar-refractivity contribution in [2.24, 2.45) is 52.0 Å². The van der Waals surface area contributed by atoms with Crippen LogP contribution in [0.5, 0.6) is 0 Å². The zero-order chi connectivity index (χ0) is 68.8. The molecule has 0 aliphatic heterocycles. The summed E-state index contributed by atoms with van der Waals surface area (Å²) in [6, 6.07) is 63.8. The first kappa shape index (κ1) is 66.3. The largest absolute Gasteiger partial charge is 0.212 e. The van der Waals surface area contributed by atoms with Gasteiger partial charge in [0.25, 0.3) is 0 Å². The Morgan fingerprint density at radius 3 is 0.900 bits per heavy atom. The lowest BCUT2D eigenvalue weighted by molar-refractivity contribution is -0.661. The molecule has 5 aromatic carbocycles. The van der Waals surface area contributed by atoms with Crippen LogP contribution in [0.2, 0.25) is 0 Å². The lowest BCUT2D eigenvalue weighted by Gasteiger charge is -2.17. The van der Waals surface area contributed by atoms with Crippen LogP contribution in [0.1, 0.15) is 155 Å². The molecule has 5 heteroatoms. The van der Waals surface area contributed by atoms with Crippen LogP contribution >= 0.6 is 0 Å². The molecule has 10 aromatic rings. The standard InChI is InChI=1S/2C18H24N.C17H22N.2C16H20N/c2*1-14-8-6-7-9-16(14)17-11-10-15(13-19(17)5)12-18(2,3)4;1-13(2)11-15-9-10-17(18(4)12-15)16-8-6-5-7-14(16)3;2*1-12(2)14-9-10-16(17(4)11-14)15-8-6-5-7-13(15)3/h2*6-11,13H,12H2,1-5H3;5-10,12-13H,11H2,1-4H3;2*5-12H,1-4H3/q5*+1/i12D2;;;12D;. The Balaban J connectivity index is 0.000000185. The smallest absolute Gasteiger partial charge is 0.201 e. The predicted octanol–water partition coefficient (Wildman–Crippen LogP) is 19.1. The fourth-order valence-electron chi connectivity index (χ4n) is 11.3. The molecule has 0 unspecified atom stereocenters. The van der Waals surface area contributed by atoms with Crippen molar-refractivity contribution in [2.75, 3.05) is 0 Å². The zero-order valence-corrected chi connectivity index (χ0v) is 59.0. The molecule has 5 aromatic heterocycles. The summed E-state index contributed by atoms with van der Waals surface area (Å²) in [5.41, 5.74) is 24.7. The second kappa shape index (κ2) is 32.5. The number of aryl methyl sites for hydroxylation is 10. The van der Waals surface area contributed by atoms with Crippen LogP contribution in [0, 0.1) is 51.4 Å². The second-order valence-electron chi connectivity index (χ2n) is 27.8. The monoisotopic (exact) mass is 1200 g/mol. The Morgan fingerprint density at radius 1 is 0.333 bits per heavy atom. The lowest BCUT2D eigenvalue weighted by Crippen LogP contribution is -2.32. The van der Waals surface area contributed by atoms with Gasteiger partial charge in [-0.2, -0.15) is 0 Å². The molecule has 0 saturated heterocycles. The highest BCUT2D eigenvalue weighted by molar-refractivity contribution is 5.64. The zero-order valence-electron chi connectivity index (χ0n) is 62.0. The number of hydrogen-bond acceptors (Lipinski definition) is 0. The molecule has 5 nitrogen and oxygen atoms in total. The summed E-state index contributed by atoms with van der Waals surface area (Å²) in [4.78, 5) is 0. The van der Waals surface area contributed by atoms with Gasteiger partial charge in [0.1, 0.15) is 35.2 Å². The first-order valence-corrected chi connectivity index (χ1v) is 32.3. The molecule has 0 atom stereocenters. The third-order valence-electron chi connectivity index (χ3n) is 16.1. The quantitative estimate of drug-likeness (QED) is 0.115. The number of pyridine rings is 5. The van der Waals surface area contributed by atoms with Crippen molar-refractivity contribution in [2.45, 2.75) is 149 Å². The fraction of sp³-hybridized carbons (Fsp3) is 0.353. The van der Waals surface area contributed by atoms with E-state index in [-0.39, 0.29) is 0 Å². The van der Waals surface area contributed by atoms with Gasteiger partial charge in [-0.15, -0.1) is 0 Å². The number of rotatable bonds is 11. The molecule has 0 aliphatic carbocycles. The molecular weight excluding hydrogens is 1090 g/mol. The Morgan fingerprint density at radius 2 is 0.611 bits per heavy atom. The van der Waals surface area contributed by atoms with Crippen molar-refractivity contribution in [3.05, 3.63) is 269 Å². The van der Waals surface area contributed by atoms with Gasteiger partial charge in [0, 0.05) is 90.1 Å². The van der Waals surface area contributed by atoms with Crippen LogP contribution in [0.3, 0.4) is 0 Å². The third-order valence-corrected chi connectivity index (χ3v) is 16.1. The normalized spacial score (nSPS) is 12.0. The van der Waals surface area contributed by atoms with Crippen molar-refractivity contribution >= 4 is 0 Å². The van der Waals surface area contributed by atoms with E-state index in [1.54, 1.807) is 0 Å². The summed E-state index contributed by atoms with van der Waals surface area (Å²) in [6.07, 6.45) is 11.6. The van der Waals surface area contributed by atoms with Gasteiger partial charge < -0.3 is 0 Å². The SMILES string of the molecule is Cc1ccccc1-c1ccc(C(C)C)c[n+]1C.Cc1ccccc1-c1ccc(CC(C)(C)C)c[n+]1C.Cc1ccccc1-c1ccc(CC(C)C)c[n+]1C.[2H]C(C)(C)c1ccc(-c2ccccc2C)[n+](C)c1.[2H]C([2H])(c1ccc(-c2ccccc2C)[n+](C)c1)C(C)(C)C. The molecule has 0 amide bonds. The van der Waals surface area contributed by atoms with Crippen molar-refractivity contribution in [3.63, 3.8) is 0 Å². The van der Waals surface area contributed by atoms with E-state index in [0.717, 1.165) is 29.7 Å². The average molecular weight is 1200 g/mol. The third kappa shape index (κ3) is 21.0. The van der Waals surface area contributed by atoms with Crippen LogP contribution in [-0.2, 0) is 54.5 Å². The highest BCUT2D eigenvalue weighted by atomic mass is 14.9. The Hall–Kier alpha value is -8.15. The lowest BCUT2D eigenvalue weighted by atomic mass is 9.88. The molecule has 0 bridgehead atoms. The van der Waals surface area contributed by atoms with E-state index >= 15 is 0 Å². The maximum Gasteiger partial charge on any atom is 0.212 e. The van der Waals surface area contributed by atoms with Gasteiger partial charge in [-0.05, 0) is 171 Å². The Labute approximate surface area is 549 Å². The summed E-state index contributed by atoms with van der Waals surface area (Å²) in [5.74, 6) is 0.726. The molecule has 0 radical (unpaired) electrons. The topological polar surface area (TPSA) is 19.4 Å². The van der Waals surface area contributed by atoms with E-state index in [9.17, 15) is 0 Å². The molecule has 470 valence electrons. The van der Waals surface area contributed by atoms with Gasteiger partial charge in [0.05, 0.1) is 0 Å². The first-order valence-electron chi connectivity index (χ1n) is 33.8. The Bertz CT molecular complexity index is 4100. The molecule has 0 fully saturated rings. The van der Waals surface area contributed by atoms with E-state index < -0.39 is 17.7 Å². The number of aromatic nitrogens is 5. The van der Waals surface area contributed by atoms with Crippen LogP contribution in [-0.4, -0.2) is 0 Å². The minimum Gasteiger partial charge on any atom is -0.201 e. The summed E-state index contributed by atoms with van der Waals surface area (Å²) in [7, 11) is 10.4. The van der Waals surface area contributed by atoms with Gasteiger partial charge >= 0.3 is 0 Å². The number of benzene rings is 5. The minimum atomic E-state index is -1.37. The maximum absolute atomic E-state index is 8.39. The van der Waals surface area contributed by atoms with Crippen molar-refractivity contribution in [3.8, 4) is 56.3 Å². The van der Waals surface area contributed by atoms with Gasteiger partial charge in [0.15, 0.2) is 31.0 Å². The van der Waals surface area contributed by atoms with Crippen LogP contribution in [0.4, 0.5) is 0 Å². The number of nitrogens with zero attached hydrogens (tertiary/aromatic N) is 5. The van der Waals surface area contributed by atoms with Crippen LogP contribution in [0.25, 0.3) is 56.3 Å². The molecule has 10 rings (SSSR count). The molecule has 0 aliphatic rings. The van der Waals surface area contributed by atoms with Crippen LogP contribution in [0.15, 0.2) is 213 Å². The van der Waals surface area contributed by atoms with E-state index in [4.69, 9.17) is 4.11 Å². The molecule has 0 saturated carbocycles. The summed E-state index contributed by atoms with van der Waals surface area (Å²) in [6.45, 7) is 36.1. The summed E-state index contributed by atoms with van der Waals surface area (Å²) in [5, 5.41) is 0.